The quantitative estimate of drug-likeness (QED) is 0.212. The largest absolute Gasteiger partial charge is 0.479 e. The SMILES string of the molecule is COC(=O)COc1c(Cl)cc(/C=C2\SC(=O)N(Cc3cccc([N+](=O)[O-])c3)C2=O)cc1Br. The molecule has 1 saturated heterocycles. The lowest BCUT2D eigenvalue weighted by Gasteiger charge is -2.12. The Morgan fingerprint density at radius 2 is 2.06 bits per heavy atom. The van der Waals surface area contributed by atoms with Gasteiger partial charge in [-0.05, 0) is 57.0 Å². The number of nitro groups is 1. The van der Waals surface area contributed by atoms with Crippen molar-refractivity contribution in [3.8, 4) is 5.75 Å². The standard InChI is InChI=1S/C20H14BrClN2O7S/c1-30-17(25)10-31-18-14(21)6-12(7-15(18)22)8-16-19(26)23(20(27)32-16)9-11-3-2-4-13(5-11)24(28)29/h2-8H,9-10H2,1H3/b16-8-. The first-order chi connectivity index (χ1) is 15.2. The van der Waals surface area contributed by atoms with Crippen LogP contribution in [-0.2, 0) is 20.9 Å². The molecule has 1 aliphatic rings. The first-order valence-corrected chi connectivity index (χ1v) is 10.9. The van der Waals surface area contributed by atoms with E-state index in [0.717, 1.165) is 16.7 Å². The molecule has 0 atom stereocenters. The Morgan fingerprint density at radius 1 is 1.31 bits per heavy atom. The minimum absolute atomic E-state index is 0.0888. The maximum absolute atomic E-state index is 12.8. The van der Waals surface area contributed by atoms with Gasteiger partial charge in [-0.1, -0.05) is 23.7 Å². The molecular formula is C20H14BrClN2O7S. The molecule has 0 radical (unpaired) electrons. The number of carbonyl (C=O) groups is 3. The number of hydrogen-bond acceptors (Lipinski definition) is 8. The zero-order chi connectivity index (χ0) is 23.4. The van der Waals surface area contributed by atoms with Crippen molar-refractivity contribution in [2.75, 3.05) is 13.7 Å². The second-order valence-electron chi connectivity index (χ2n) is 6.37. The van der Waals surface area contributed by atoms with Crippen molar-refractivity contribution in [3.63, 3.8) is 0 Å². The molecule has 1 aliphatic heterocycles. The number of imide groups is 1. The molecule has 32 heavy (non-hydrogen) atoms. The number of carbonyl (C=O) groups excluding carboxylic acids is 3. The van der Waals surface area contributed by atoms with Crippen molar-refractivity contribution in [3.05, 3.63) is 72.0 Å². The van der Waals surface area contributed by atoms with E-state index in [1.165, 1.54) is 37.5 Å². The predicted molar refractivity (Wildman–Crippen MR) is 121 cm³/mol. The highest BCUT2D eigenvalue weighted by atomic mass is 79.9. The number of nitrogens with zero attached hydrogens (tertiary/aromatic N) is 2. The number of thioether (sulfide) groups is 1. The van der Waals surface area contributed by atoms with E-state index in [2.05, 4.69) is 20.7 Å². The first-order valence-electron chi connectivity index (χ1n) is 8.87. The Bertz CT molecular complexity index is 1130. The summed E-state index contributed by atoms with van der Waals surface area (Å²) < 4.78 is 10.3. The molecule has 2 amide bonds. The summed E-state index contributed by atoms with van der Waals surface area (Å²) in [5.41, 5.74) is 0.854. The number of methoxy groups -OCH3 is 1. The van der Waals surface area contributed by atoms with E-state index in [0.29, 0.717) is 15.6 Å². The average Bonchev–Trinajstić information content (AvgIpc) is 3.00. The van der Waals surface area contributed by atoms with Crippen molar-refractivity contribution in [1.82, 2.24) is 4.90 Å². The molecule has 1 heterocycles. The number of hydrogen-bond donors (Lipinski definition) is 0. The molecule has 166 valence electrons. The molecule has 9 nitrogen and oxygen atoms in total. The lowest BCUT2D eigenvalue weighted by atomic mass is 10.1. The molecule has 0 N–H and O–H groups in total. The van der Waals surface area contributed by atoms with Crippen LogP contribution in [0.1, 0.15) is 11.1 Å². The van der Waals surface area contributed by atoms with Crippen molar-refractivity contribution < 1.29 is 28.8 Å². The van der Waals surface area contributed by atoms with Crippen molar-refractivity contribution >= 4 is 68.2 Å². The van der Waals surface area contributed by atoms with Gasteiger partial charge in [0.15, 0.2) is 12.4 Å². The van der Waals surface area contributed by atoms with Crippen LogP contribution in [0, 0.1) is 10.1 Å². The van der Waals surface area contributed by atoms with Gasteiger partial charge in [-0.2, -0.15) is 0 Å². The van der Waals surface area contributed by atoms with Gasteiger partial charge in [-0.15, -0.1) is 0 Å². The minimum Gasteiger partial charge on any atom is -0.479 e. The van der Waals surface area contributed by atoms with Crippen LogP contribution in [0.2, 0.25) is 5.02 Å². The second kappa shape index (κ2) is 10.2. The molecule has 0 spiro atoms. The van der Waals surface area contributed by atoms with E-state index in [1.807, 2.05) is 0 Å². The molecular weight excluding hydrogens is 528 g/mol. The molecule has 0 aliphatic carbocycles. The summed E-state index contributed by atoms with van der Waals surface area (Å²) >= 11 is 10.3. The fraction of sp³-hybridized carbons (Fsp3) is 0.150. The van der Waals surface area contributed by atoms with E-state index >= 15 is 0 Å². The van der Waals surface area contributed by atoms with Gasteiger partial charge in [0.2, 0.25) is 0 Å². The highest BCUT2D eigenvalue weighted by Crippen LogP contribution is 2.38. The van der Waals surface area contributed by atoms with Crippen LogP contribution in [0.4, 0.5) is 10.5 Å². The number of nitro benzene ring substituents is 1. The second-order valence-corrected chi connectivity index (χ2v) is 8.63. The Hall–Kier alpha value is -2.89. The summed E-state index contributed by atoms with van der Waals surface area (Å²) in [7, 11) is 1.23. The lowest BCUT2D eigenvalue weighted by Crippen LogP contribution is -2.27. The fourth-order valence-corrected chi connectivity index (χ4v) is 4.56. The van der Waals surface area contributed by atoms with E-state index < -0.39 is 22.0 Å². The Kier molecular flexibility index (Phi) is 7.54. The van der Waals surface area contributed by atoms with Gasteiger partial charge in [0.25, 0.3) is 16.8 Å². The summed E-state index contributed by atoms with van der Waals surface area (Å²) in [6, 6.07) is 8.88. The molecule has 12 heteroatoms. The lowest BCUT2D eigenvalue weighted by molar-refractivity contribution is -0.384. The highest BCUT2D eigenvalue weighted by molar-refractivity contribution is 9.10. The summed E-state index contributed by atoms with van der Waals surface area (Å²) in [5, 5.41) is 10.6. The van der Waals surface area contributed by atoms with Crippen molar-refractivity contribution in [2.45, 2.75) is 6.54 Å². The van der Waals surface area contributed by atoms with Gasteiger partial charge in [0, 0.05) is 12.1 Å². The number of amides is 2. The molecule has 0 unspecified atom stereocenters. The van der Waals surface area contributed by atoms with E-state index in [9.17, 15) is 24.5 Å². The summed E-state index contributed by atoms with van der Waals surface area (Å²) in [6.07, 6.45) is 1.50. The number of benzene rings is 2. The molecule has 0 aromatic heterocycles. The molecule has 2 aromatic carbocycles. The summed E-state index contributed by atoms with van der Waals surface area (Å²) in [6.45, 7) is -0.418. The van der Waals surface area contributed by atoms with E-state index in [-0.39, 0.29) is 34.5 Å². The van der Waals surface area contributed by atoms with Gasteiger partial charge in [-0.25, -0.2) is 4.79 Å². The molecule has 0 saturated carbocycles. The Balaban J connectivity index is 1.79. The normalized spacial score (nSPS) is 14.7. The third-order valence-corrected chi connectivity index (χ3v) is 5.99. The van der Waals surface area contributed by atoms with Crippen LogP contribution < -0.4 is 4.74 Å². The van der Waals surface area contributed by atoms with Crippen LogP contribution in [0.3, 0.4) is 0 Å². The van der Waals surface area contributed by atoms with Crippen LogP contribution in [0.25, 0.3) is 6.08 Å². The van der Waals surface area contributed by atoms with Crippen molar-refractivity contribution in [2.24, 2.45) is 0 Å². The van der Waals surface area contributed by atoms with Crippen LogP contribution in [0.15, 0.2) is 45.8 Å². The number of esters is 1. The third-order valence-electron chi connectivity index (χ3n) is 4.22. The maximum Gasteiger partial charge on any atom is 0.343 e. The topological polar surface area (TPSA) is 116 Å². The fourth-order valence-electron chi connectivity index (χ4n) is 2.73. The monoisotopic (exact) mass is 540 g/mol. The van der Waals surface area contributed by atoms with E-state index in [1.54, 1.807) is 12.1 Å². The van der Waals surface area contributed by atoms with Gasteiger partial charge >= 0.3 is 5.97 Å². The summed E-state index contributed by atoms with van der Waals surface area (Å²) in [5.74, 6) is -0.868. The average molecular weight is 542 g/mol. The Morgan fingerprint density at radius 3 is 2.72 bits per heavy atom. The number of rotatable bonds is 7. The maximum atomic E-state index is 12.8. The number of non-ortho nitro benzene ring substituents is 1. The minimum atomic E-state index is -0.575. The summed E-state index contributed by atoms with van der Waals surface area (Å²) in [4.78, 5) is 48.0. The van der Waals surface area contributed by atoms with E-state index in [4.69, 9.17) is 16.3 Å². The van der Waals surface area contributed by atoms with Crippen molar-refractivity contribution in [1.29, 1.82) is 0 Å². The number of ether oxygens (including phenoxy) is 2. The van der Waals surface area contributed by atoms with Crippen LogP contribution >= 0.6 is 39.3 Å². The molecule has 0 bridgehead atoms. The first kappa shape index (κ1) is 23.8. The molecule has 3 rings (SSSR count). The number of halogens is 2. The van der Waals surface area contributed by atoms with Gasteiger partial charge in [0.05, 0.1) is 33.0 Å². The van der Waals surface area contributed by atoms with Crippen LogP contribution in [0.5, 0.6) is 5.75 Å². The highest BCUT2D eigenvalue weighted by Gasteiger charge is 2.35. The third kappa shape index (κ3) is 5.47. The van der Waals surface area contributed by atoms with Crippen LogP contribution in [-0.4, -0.2) is 40.7 Å². The van der Waals surface area contributed by atoms with Gasteiger partial charge in [0.1, 0.15) is 0 Å². The predicted octanol–water partition coefficient (Wildman–Crippen LogP) is 4.80. The molecule has 1 fully saturated rings. The van der Waals surface area contributed by atoms with Gasteiger partial charge in [-0.3, -0.25) is 24.6 Å². The zero-order valence-electron chi connectivity index (χ0n) is 16.4. The van der Waals surface area contributed by atoms with Gasteiger partial charge < -0.3 is 9.47 Å². The zero-order valence-corrected chi connectivity index (χ0v) is 19.5. The molecule has 2 aromatic rings. The Labute approximate surface area is 199 Å². The smallest absolute Gasteiger partial charge is 0.343 e.